The second-order valence-corrected chi connectivity index (χ2v) is 6.02. The van der Waals surface area contributed by atoms with E-state index in [0.717, 1.165) is 51.6 Å². The number of hydrogen-bond acceptors (Lipinski definition) is 3. The van der Waals surface area contributed by atoms with Gasteiger partial charge in [0.15, 0.2) is 0 Å². The Morgan fingerprint density at radius 3 is 2.58 bits per heavy atom. The van der Waals surface area contributed by atoms with Crippen LogP contribution in [0.3, 0.4) is 0 Å². The summed E-state index contributed by atoms with van der Waals surface area (Å²) in [6, 6.07) is 0. The van der Waals surface area contributed by atoms with Crippen molar-refractivity contribution in [1.29, 1.82) is 0 Å². The third-order valence-electron chi connectivity index (χ3n) is 4.33. The molecule has 0 aromatic heterocycles. The number of carbonyl (C=O) groups excluding carboxylic acids is 1. The third kappa shape index (κ3) is 4.77. The summed E-state index contributed by atoms with van der Waals surface area (Å²) in [7, 11) is 0. The van der Waals surface area contributed by atoms with Gasteiger partial charge in [-0.25, -0.2) is 0 Å². The number of hydrogen-bond donors (Lipinski definition) is 1. The van der Waals surface area contributed by atoms with Gasteiger partial charge >= 0.3 is 0 Å². The maximum atomic E-state index is 12.2. The van der Waals surface area contributed by atoms with Gasteiger partial charge in [-0.05, 0) is 57.7 Å². The normalized spacial score (nSPS) is 21.3. The average Bonchev–Trinajstić information content (AvgIpc) is 2.94. The van der Waals surface area contributed by atoms with E-state index in [0.29, 0.717) is 12.5 Å². The number of rotatable bonds is 6. The fourth-order valence-corrected chi connectivity index (χ4v) is 3.24. The van der Waals surface area contributed by atoms with Gasteiger partial charge in [-0.2, -0.15) is 0 Å². The Bertz CT molecular complexity index is 271. The van der Waals surface area contributed by atoms with Gasteiger partial charge in [-0.15, -0.1) is 0 Å². The molecule has 2 heterocycles. The van der Waals surface area contributed by atoms with Crippen LogP contribution in [0.2, 0.25) is 0 Å². The molecule has 110 valence electrons. The Balaban J connectivity index is 1.78. The van der Waals surface area contributed by atoms with E-state index in [1.807, 2.05) is 4.90 Å². The maximum Gasteiger partial charge on any atom is 0.236 e. The summed E-state index contributed by atoms with van der Waals surface area (Å²) in [5.41, 5.74) is 0. The Morgan fingerprint density at radius 2 is 1.95 bits per heavy atom. The van der Waals surface area contributed by atoms with Crippen molar-refractivity contribution in [1.82, 2.24) is 15.1 Å². The Morgan fingerprint density at radius 1 is 1.26 bits per heavy atom. The van der Waals surface area contributed by atoms with Gasteiger partial charge in [-0.3, -0.25) is 9.69 Å². The standard InChI is InChI=1S/C15H29N3O/c1-2-9-17(12-14-5-7-16-8-6-14)13-15(19)18-10-3-4-11-18/h14,16H,2-13H2,1H3. The Labute approximate surface area is 117 Å². The van der Waals surface area contributed by atoms with Crippen LogP contribution in [-0.2, 0) is 4.79 Å². The molecule has 0 aromatic rings. The van der Waals surface area contributed by atoms with Gasteiger partial charge in [0.05, 0.1) is 6.54 Å². The molecule has 4 nitrogen and oxygen atoms in total. The molecule has 2 rings (SSSR count). The lowest BCUT2D eigenvalue weighted by Crippen LogP contribution is -2.42. The predicted octanol–water partition coefficient (Wildman–Crippen LogP) is 1.32. The molecule has 0 saturated carbocycles. The molecule has 0 unspecified atom stereocenters. The lowest BCUT2D eigenvalue weighted by atomic mass is 9.97. The quantitative estimate of drug-likeness (QED) is 0.788. The zero-order chi connectivity index (χ0) is 13.5. The summed E-state index contributed by atoms with van der Waals surface area (Å²) in [6.45, 7) is 9.25. The van der Waals surface area contributed by atoms with Crippen LogP contribution in [0.4, 0.5) is 0 Å². The van der Waals surface area contributed by atoms with E-state index in [1.165, 1.54) is 25.7 Å². The Hall–Kier alpha value is -0.610. The second-order valence-electron chi connectivity index (χ2n) is 6.02. The molecule has 1 amide bonds. The lowest BCUT2D eigenvalue weighted by Gasteiger charge is -2.30. The molecule has 0 bridgehead atoms. The molecule has 0 radical (unpaired) electrons. The number of piperidine rings is 1. The monoisotopic (exact) mass is 267 g/mol. The van der Waals surface area contributed by atoms with Crippen LogP contribution in [0, 0.1) is 5.92 Å². The van der Waals surface area contributed by atoms with Crippen molar-refractivity contribution in [2.45, 2.75) is 39.0 Å². The summed E-state index contributed by atoms with van der Waals surface area (Å²) >= 11 is 0. The first kappa shape index (κ1) is 14.8. The molecule has 4 heteroatoms. The van der Waals surface area contributed by atoms with Gasteiger partial charge in [0.25, 0.3) is 0 Å². The lowest BCUT2D eigenvalue weighted by molar-refractivity contribution is -0.131. The van der Waals surface area contributed by atoms with Gasteiger partial charge in [-0.1, -0.05) is 6.92 Å². The zero-order valence-corrected chi connectivity index (χ0v) is 12.4. The smallest absolute Gasteiger partial charge is 0.236 e. The first-order valence-electron chi connectivity index (χ1n) is 8.00. The predicted molar refractivity (Wildman–Crippen MR) is 78.1 cm³/mol. The van der Waals surface area contributed by atoms with Crippen molar-refractivity contribution in [3.63, 3.8) is 0 Å². The maximum absolute atomic E-state index is 12.2. The van der Waals surface area contributed by atoms with Gasteiger partial charge < -0.3 is 10.2 Å². The van der Waals surface area contributed by atoms with Crippen LogP contribution in [0.15, 0.2) is 0 Å². The minimum Gasteiger partial charge on any atom is -0.342 e. The minimum atomic E-state index is 0.347. The highest BCUT2D eigenvalue weighted by Crippen LogP contribution is 2.14. The van der Waals surface area contributed by atoms with Crippen LogP contribution in [0.25, 0.3) is 0 Å². The highest BCUT2D eigenvalue weighted by Gasteiger charge is 2.22. The summed E-state index contributed by atoms with van der Waals surface area (Å²) < 4.78 is 0. The summed E-state index contributed by atoms with van der Waals surface area (Å²) in [5.74, 6) is 1.12. The molecule has 0 atom stereocenters. The first-order chi connectivity index (χ1) is 9.29. The SMILES string of the molecule is CCCN(CC(=O)N1CCCC1)CC1CCNCC1. The summed E-state index contributed by atoms with van der Waals surface area (Å²) in [4.78, 5) is 16.7. The highest BCUT2D eigenvalue weighted by atomic mass is 16.2. The topological polar surface area (TPSA) is 35.6 Å². The van der Waals surface area contributed by atoms with Crippen molar-refractivity contribution in [2.24, 2.45) is 5.92 Å². The number of nitrogens with zero attached hydrogens (tertiary/aromatic N) is 2. The largest absolute Gasteiger partial charge is 0.342 e. The van der Waals surface area contributed by atoms with E-state index in [-0.39, 0.29) is 0 Å². The molecule has 2 aliphatic rings. The average molecular weight is 267 g/mol. The number of amides is 1. The minimum absolute atomic E-state index is 0.347. The van der Waals surface area contributed by atoms with E-state index in [1.54, 1.807) is 0 Å². The number of nitrogens with one attached hydrogen (secondary N) is 1. The van der Waals surface area contributed by atoms with Crippen LogP contribution >= 0.6 is 0 Å². The molecule has 0 spiro atoms. The first-order valence-corrected chi connectivity index (χ1v) is 8.00. The molecule has 0 aromatic carbocycles. The van der Waals surface area contributed by atoms with Crippen molar-refractivity contribution >= 4 is 5.91 Å². The van der Waals surface area contributed by atoms with Crippen molar-refractivity contribution in [2.75, 3.05) is 45.8 Å². The fourth-order valence-electron chi connectivity index (χ4n) is 3.24. The molecular formula is C15H29N3O. The summed E-state index contributed by atoms with van der Waals surface area (Å²) in [6.07, 6.45) is 6.04. The zero-order valence-electron chi connectivity index (χ0n) is 12.4. The molecule has 2 fully saturated rings. The van der Waals surface area contributed by atoms with E-state index in [2.05, 4.69) is 17.1 Å². The van der Waals surface area contributed by atoms with Crippen LogP contribution in [0.5, 0.6) is 0 Å². The van der Waals surface area contributed by atoms with Crippen LogP contribution in [-0.4, -0.2) is 61.5 Å². The van der Waals surface area contributed by atoms with E-state index in [4.69, 9.17) is 0 Å². The van der Waals surface area contributed by atoms with Crippen molar-refractivity contribution in [3.05, 3.63) is 0 Å². The van der Waals surface area contributed by atoms with Crippen LogP contribution < -0.4 is 5.32 Å². The molecule has 1 N–H and O–H groups in total. The van der Waals surface area contributed by atoms with Gasteiger partial charge in [0.1, 0.15) is 0 Å². The molecular weight excluding hydrogens is 238 g/mol. The Kier molecular flexibility index (Phi) is 6.11. The molecule has 19 heavy (non-hydrogen) atoms. The van der Waals surface area contributed by atoms with Crippen LogP contribution in [0.1, 0.15) is 39.0 Å². The second kappa shape index (κ2) is 7.85. The molecule has 2 aliphatic heterocycles. The van der Waals surface area contributed by atoms with E-state index in [9.17, 15) is 4.79 Å². The van der Waals surface area contributed by atoms with Gasteiger partial charge in [0.2, 0.25) is 5.91 Å². The third-order valence-corrected chi connectivity index (χ3v) is 4.33. The molecule has 2 saturated heterocycles. The van der Waals surface area contributed by atoms with E-state index >= 15 is 0 Å². The van der Waals surface area contributed by atoms with Gasteiger partial charge in [0, 0.05) is 19.6 Å². The fraction of sp³-hybridized carbons (Fsp3) is 0.933. The number of carbonyl (C=O) groups is 1. The van der Waals surface area contributed by atoms with Crippen molar-refractivity contribution < 1.29 is 4.79 Å². The highest BCUT2D eigenvalue weighted by molar-refractivity contribution is 5.78. The summed E-state index contributed by atoms with van der Waals surface area (Å²) in [5, 5.41) is 3.41. The number of likely N-dealkylation sites (tertiary alicyclic amines) is 1. The molecule has 0 aliphatic carbocycles. The van der Waals surface area contributed by atoms with Crippen molar-refractivity contribution in [3.8, 4) is 0 Å². The van der Waals surface area contributed by atoms with E-state index < -0.39 is 0 Å².